The predicted molar refractivity (Wildman–Crippen MR) is 57.6 cm³/mol. The van der Waals surface area contributed by atoms with E-state index in [2.05, 4.69) is 24.3 Å². The summed E-state index contributed by atoms with van der Waals surface area (Å²) in [5.41, 5.74) is 0. The molecule has 0 aromatic rings. The summed E-state index contributed by atoms with van der Waals surface area (Å²) in [6, 6.07) is 0. The Hall–Kier alpha value is -0.210. The predicted octanol–water partition coefficient (Wildman–Crippen LogP) is 2.62. The van der Waals surface area contributed by atoms with Crippen molar-refractivity contribution in [1.82, 2.24) is 0 Å². The van der Waals surface area contributed by atoms with Crippen molar-refractivity contribution in [2.45, 2.75) is 19.8 Å². The molecule has 12 heavy (non-hydrogen) atoms. The van der Waals surface area contributed by atoms with Crippen LogP contribution < -0.4 is 0 Å². The van der Waals surface area contributed by atoms with Gasteiger partial charge in [0.05, 0.1) is 6.61 Å². The van der Waals surface area contributed by atoms with Gasteiger partial charge < -0.3 is 5.11 Å². The van der Waals surface area contributed by atoms with Crippen molar-refractivity contribution in [3.8, 4) is 0 Å². The smallest absolute Gasteiger partial charge is 0.0521 e. The molecule has 0 aliphatic heterocycles. The lowest BCUT2D eigenvalue weighted by atomic mass is 10.3. The summed E-state index contributed by atoms with van der Waals surface area (Å²) in [7, 11) is 0. The molecule has 0 rings (SSSR count). The number of thioether (sulfide) groups is 1. The highest BCUT2D eigenvalue weighted by Gasteiger charge is 1.81. The molecule has 1 nitrogen and oxygen atoms in total. The van der Waals surface area contributed by atoms with Crippen LogP contribution in [0.1, 0.15) is 19.8 Å². The molecule has 0 fully saturated rings. The molecule has 2 heteroatoms. The van der Waals surface area contributed by atoms with Gasteiger partial charge in [-0.15, -0.1) is 0 Å². The van der Waals surface area contributed by atoms with Gasteiger partial charge in [-0.2, -0.15) is 11.8 Å². The number of allylic oxidation sites excluding steroid dienone is 3. The third kappa shape index (κ3) is 9.79. The summed E-state index contributed by atoms with van der Waals surface area (Å²) in [4.78, 5) is 0. The van der Waals surface area contributed by atoms with Crippen molar-refractivity contribution < 1.29 is 5.11 Å². The highest BCUT2D eigenvalue weighted by Crippen LogP contribution is 2.00. The van der Waals surface area contributed by atoms with Crippen LogP contribution in [-0.2, 0) is 0 Å². The first-order chi connectivity index (χ1) is 5.91. The van der Waals surface area contributed by atoms with Crippen LogP contribution in [0, 0.1) is 0 Å². The average Bonchev–Trinajstić information content (AvgIpc) is 2.10. The number of rotatable bonds is 7. The van der Waals surface area contributed by atoms with Crippen LogP contribution in [0.15, 0.2) is 24.3 Å². The fraction of sp³-hybridized carbons (Fsp3) is 0.600. The van der Waals surface area contributed by atoms with Crippen molar-refractivity contribution in [3.63, 3.8) is 0 Å². The second-order valence-electron chi connectivity index (χ2n) is 2.42. The van der Waals surface area contributed by atoms with E-state index in [-0.39, 0.29) is 6.61 Å². The number of aliphatic hydroxyl groups is 1. The molecule has 0 radical (unpaired) electrons. The minimum atomic E-state index is 0.289. The second-order valence-corrected chi connectivity index (χ2v) is 3.57. The Labute approximate surface area is 79.6 Å². The van der Waals surface area contributed by atoms with Crippen molar-refractivity contribution in [2.24, 2.45) is 0 Å². The van der Waals surface area contributed by atoms with E-state index in [1.807, 2.05) is 6.92 Å². The molecule has 0 aromatic carbocycles. The van der Waals surface area contributed by atoms with E-state index in [0.29, 0.717) is 0 Å². The number of hydrogen-bond acceptors (Lipinski definition) is 2. The van der Waals surface area contributed by atoms with Gasteiger partial charge >= 0.3 is 0 Å². The highest BCUT2D eigenvalue weighted by atomic mass is 32.2. The molecule has 0 aliphatic carbocycles. The van der Waals surface area contributed by atoms with E-state index in [9.17, 15) is 0 Å². The number of hydrogen-bond donors (Lipinski definition) is 1. The van der Waals surface area contributed by atoms with Gasteiger partial charge in [-0.25, -0.2) is 0 Å². The largest absolute Gasteiger partial charge is 0.396 e. The summed E-state index contributed by atoms with van der Waals surface area (Å²) >= 11 is 1.76. The molecule has 0 aromatic heterocycles. The first kappa shape index (κ1) is 11.8. The lowest BCUT2D eigenvalue weighted by Crippen LogP contribution is -1.85. The third-order valence-corrected chi connectivity index (χ3v) is 2.25. The Balaban J connectivity index is 3.03. The molecular weight excluding hydrogens is 168 g/mol. The maximum atomic E-state index is 8.48. The van der Waals surface area contributed by atoms with Crippen LogP contribution in [0.25, 0.3) is 0 Å². The molecule has 0 spiro atoms. The highest BCUT2D eigenvalue weighted by molar-refractivity contribution is 7.99. The van der Waals surface area contributed by atoms with E-state index in [1.165, 1.54) is 0 Å². The SMILES string of the molecule is CC=CCCC=CCSCCO. The molecule has 0 saturated carbocycles. The molecule has 0 amide bonds. The molecule has 70 valence electrons. The average molecular weight is 186 g/mol. The summed E-state index contributed by atoms with van der Waals surface area (Å²) in [5.74, 6) is 1.87. The minimum Gasteiger partial charge on any atom is -0.396 e. The first-order valence-electron chi connectivity index (χ1n) is 4.36. The van der Waals surface area contributed by atoms with Gasteiger partial charge in [-0.3, -0.25) is 0 Å². The van der Waals surface area contributed by atoms with Gasteiger partial charge in [-0.05, 0) is 19.8 Å². The molecule has 0 unspecified atom stereocenters. The van der Waals surface area contributed by atoms with Gasteiger partial charge in [0.25, 0.3) is 0 Å². The molecule has 0 heterocycles. The Morgan fingerprint density at radius 3 is 2.58 bits per heavy atom. The van der Waals surface area contributed by atoms with E-state index in [1.54, 1.807) is 11.8 Å². The monoisotopic (exact) mass is 186 g/mol. The summed E-state index contributed by atoms with van der Waals surface area (Å²) in [6.45, 7) is 2.33. The number of unbranched alkanes of at least 4 members (excludes halogenated alkanes) is 1. The van der Waals surface area contributed by atoms with Crippen LogP contribution in [-0.4, -0.2) is 23.2 Å². The van der Waals surface area contributed by atoms with Crippen LogP contribution in [0.3, 0.4) is 0 Å². The van der Waals surface area contributed by atoms with Gasteiger partial charge in [0.2, 0.25) is 0 Å². The fourth-order valence-electron chi connectivity index (χ4n) is 0.761. The molecular formula is C10H18OS. The van der Waals surface area contributed by atoms with Crippen LogP contribution >= 0.6 is 11.8 Å². The summed E-state index contributed by atoms with van der Waals surface area (Å²) in [5, 5.41) is 8.48. The first-order valence-corrected chi connectivity index (χ1v) is 5.52. The zero-order valence-electron chi connectivity index (χ0n) is 7.70. The lowest BCUT2D eigenvalue weighted by molar-refractivity contribution is 0.322. The van der Waals surface area contributed by atoms with E-state index >= 15 is 0 Å². The third-order valence-electron chi connectivity index (χ3n) is 1.35. The Kier molecular flexibility index (Phi) is 10.6. The maximum absolute atomic E-state index is 8.48. The van der Waals surface area contributed by atoms with Crippen LogP contribution in [0.2, 0.25) is 0 Å². The fourth-order valence-corrected chi connectivity index (χ4v) is 1.33. The molecule has 0 bridgehead atoms. The Morgan fingerprint density at radius 1 is 1.17 bits per heavy atom. The van der Waals surface area contributed by atoms with Crippen molar-refractivity contribution in [3.05, 3.63) is 24.3 Å². The lowest BCUT2D eigenvalue weighted by Gasteiger charge is -1.91. The zero-order chi connectivity index (χ0) is 9.07. The van der Waals surface area contributed by atoms with Crippen LogP contribution in [0.5, 0.6) is 0 Å². The summed E-state index contributed by atoms with van der Waals surface area (Å²) in [6.07, 6.45) is 10.9. The minimum absolute atomic E-state index is 0.289. The van der Waals surface area contributed by atoms with Gasteiger partial charge in [0.15, 0.2) is 0 Å². The van der Waals surface area contributed by atoms with Crippen molar-refractivity contribution in [2.75, 3.05) is 18.1 Å². The normalized spacial score (nSPS) is 11.8. The molecule has 1 N–H and O–H groups in total. The summed E-state index contributed by atoms with van der Waals surface area (Å²) < 4.78 is 0. The van der Waals surface area contributed by atoms with E-state index < -0.39 is 0 Å². The maximum Gasteiger partial charge on any atom is 0.0521 e. The molecule has 0 atom stereocenters. The zero-order valence-corrected chi connectivity index (χ0v) is 8.52. The quantitative estimate of drug-likeness (QED) is 0.487. The molecule has 0 aliphatic rings. The van der Waals surface area contributed by atoms with Crippen molar-refractivity contribution >= 4 is 11.8 Å². The Bertz CT molecular complexity index is 130. The second kappa shape index (κ2) is 10.8. The standard InChI is InChI=1S/C10H18OS/c1-2-3-4-5-6-7-9-12-10-8-11/h2-3,6-7,11H,4-5,8-10H2,1H3. The van der Waals surface area contributed by atoms with Gasteiger partial charge in [-0.1, -0.05) is 24.3 Å². The van der Waals surface area contributed by atoms with Crippen LogP contribution in [0.4, 0.5) is 0 Å². The topological polar surface area (TPSA) is 20.2 Å². The number of aliphatic hydroxyl groups excluding tert-OH is 1. The van der Waals surface area contributed by atoms with E-state index in [4.69, 9.17) is 5.11 Å². The van der Waals surface area contributed by atoms with Gasteiger partial charge in [0.1, 0.15) is 0 Å². The Morgan fingerprint density at radius 2 is 1.92 bits per heavy atom. The molecule has 0 saturated heterocycles. The van der Waals surface area contributed by atoms with Gasteiger partial charge in [0, 0.05) is 11.5 Å². The van der Waals surface area contributed by atoms with Crippen molar-refractivity contribution in [1.29, 1.82) is 0 Å². The van der Waals surface area contributed by atoms with E-state index in [0.717, 1.165) is 24.3 Å².